The molecule has 0 aromatic carbocycles. The van der Waals surface area contributed by atoms with E-state index in [1.165, 1.54) is 10.6 Å². The predicted molar refractivity (Wildman–Crippen MR) is 99.0 cm³/mol. The zero-order chi connectivity index (χ0) is 18.3. The lowest BCUT2D eigenvalue weighted by molar-refractivity contribution is -0.123. The van der Waals surface area contributed by atoms with E-state index >= 15 is 0 Å². The Morgan fingerprint density at radius 3 is 2.48 bits per heavy atom. The standard InChI is InChI=1S/C18H34N2O4S/c1-3-7-16-14-20(25(2,22)23)15-17(16)18(21)8-5-4-6-9-19-10-12-24-13-11-19/h16-17H,3-15H2,1-2H3/t16-,17?/m0/s1. The summed E-state index contributed by atoms with van der Waals surface area (Å²) >= 11 is 0. The lowest BCUT2D eigenvalue weighted by Crippen LogP contribution is -2.36. The number of unbranched alkanes of at least 4 members (excludes halogenated alkanes) is 2. The topological polar surface area (TPSA) is 66.9 Å². The van der Waals surface area contributed by atoms with Crippen LogP contribution >= 0.6 is 0 Å². The molecule has 0 spiro atoms. The van der Waals surface area contributed by atoms with Crippen LogP contribution in [0.4, 0.5) is 0 Å². The molecule has 0 radical (unpaired) electrons. The van der Waals surface area contributed by atoms with Gasteiger partial charge >= 0.3 is 0 Å². The van der Waals surface area contributed by atoms with Crippen molar-refractivity contribution in [1.82, 2.24) is 9.21 Å². The maximum atomic E-state index is 12.6. The number of ketones is 1. The van der Waals surface area contributed by atoms with E-state index in [0.717, 1.165) is 65.0 Å². The maximum Gasteiger partial charge on any atom is 0.211 e. The first-order valence-corrected chi connectivity index (χ1v) is 11.5. The smallest absolute Gasteiger partial charge is 0.211 e. The molecule has 1 unspecified atom stereocenters. The number of ether oxygens (including phenoxy) is 1. The molecule has 0 aliphatic carbocycles. The molecule has 0 saturated carbocycles. The first kappa shape index (κ1) is 20.8. The van der Waals surface area contributed by atoms with Gasteiger partial charge in [-0.2, -0.15) is 0 Å². The zero-order valence-corrected chi connectivity index (χ0v) is 16.6. The summed E-state index contributed by atoms with van der Waals surface area (Å²) in [5.74, 6) is 0.352. The minimum absolute atomic E-state index is 0.103. The van der Waals surface area contributed by atoms with E-state index in [1.54, 1.807) is 0 Å². The van der Waals surface area contributed by atoms with Gasteiger partial charge in [0.25, 0.3) is 0 Å². The molecular formula is C18H34N2O4S. The lowest BCUT2D eigenvalue weighted by atomic mass is 9.86. The summed E-state index contributed by atoms with van der Waals surface area (Å²) in [6.07, 6.45) is 6.85. The summed E-state index contributed by atoms with van der Waals surface area (Å²) in [5.41, 5.74) is 0. The van der Waals surface area contributed by atoms with Crippen LogP contribution in [0.1, 0.15) is 45.4 Å². The van der Waals surface area contributed by atoms with Gasteiger partial charge in [0.2, 0.25) is 10.0 Å². The third-order valence-electron chi connectivity index (χ3n) is 5.45. The second-order valence-electron chi connectivity index (χ2n) is 7.47. The highest BCUT2D eigenvalue weighted by atomic mass is 32.2. The van der Waals surface area contributed by atoms with Gasteiger partial charge in [-0.15, -0.1) is 0 Å². The highest BCUT2D eigenvalue weighted by molar-refractivity contribution is 7.88. The highest BCUT2D eigenvalue weighted by Crippen LogP contribution is 2.30. The van der Waals surface area contributed by atoms with Crippen molar-refractivity contribution in [1.29, 1.82) is 0 Å². The molecule has 0 aromatic rings. The molecule has 2 aliphatic rings. The number of hydrogen-bond donors (Lipinski definition) is 0. The summed E-state index contributed by atoms with van der Waals surface area (Å²) in [7, 11) is -3.20. The average Bonchev–Trinajstić information content (AvgIpc) is 3.00. The quantitative estimate of drug-likeness (QED) is 0.545. The van der Waals surface area contributed by atoms with E-state index in [1.807, 2.05) is 0 Å². The Morgan fingerprint density at radius 2 is 1.84 bits per heavy atom. The Bertz CT molecular complexity index is 517. The fourth-order valence-electron chi connectivity index (χ4n) is 3.95. The number of morpholine rings is 1. The van der Waals surface area contributed by atoms with Crippen LogP contribution in [-0.4, -0.2) is 75.6 Å². The summed E-state index contributed by atoms with van der Waals surface area (Å²) in [6, 6.07) is 0. The number of carbonyl (C=O) groups excluding carboxylic acids is 1. The van der Waals surface area contributed by atoms with Crippen molar-refractivity contribution in [2.75, 3.05) is 52.2 Å². The molecule has 0 N–H and O–H groups in total. The Balaban J connectivity index is 1.70. The van der Waals surface area contributed by atoms with Crippen molar-refractivity contribution in [3.8, 4) is 0 Å². The fourth-order valence-corrected chi connectivity index (χ4v) is 4.85. The Labute approximate surface area is 152 Å². The van der Waals surface area contributed by atoms with Gasteiger partial charge in [0.1, 0.15) is 5.78 Å². The first-order chi connectivity index (χ1) is 11.9. The van der Waals surface area contributed by atoms with Crippen molar-refractivity contribution in [3.05, 3.63) is 0 Å². The Morgan fingerprint density at radius 1 is 1.12 bits per heavy atom. The minimum atomic E-state index is -3.20. The van der Waals surface area contributed by atoms with E-state index in [0.29, 0.717) is 19.5 Å². The molecule has 146 valence electrons. The van der Waals surface area contributed by atoms with Gasteiger partial charge in [-0.25, -0.2) is 12.7 Å². The molecule has 25 heavy (non-hydrogen) atoms. The van der Waals surface area contributed by atoms with E-state index in [9.17, 15) is 13.2 Å². The normalized spacial score (nSPS) is 26.2. The minimum Gasteiger partial charge on any atom is -0.379 e. The van der Waals surface area contributed by atoms with E-state index in [-0.39, 0.29) is 17.6 Å². The molecule has 2 atom stereocenters. The number of carbonyl (C=O) groups is 1. The fraction of sp³-hybridized carbons (Fsp3) is 0.944. The van der Waals surface area contributed by atoms with Crippen LogP contribution in [0.3, 0.4) is 0 Å². The van der Waals surface area contributed by atoms with Crippen molar-refractivity contribution in [2.24, 2.45) is 11.8 Å². The van der Waals surface area contributed by atoms with Crippen LogP contribution in [0.5, 0.6) is 0 Å². The molecule has 2 fully saturated rings. The third-order valence-corrected chi connectivity index (χ3v) is 6.69. The van der Waals surface area contributed by atoms with Gasteiger partial charge in [0, 0.05) is 38.5 Å². The molecule has 2 saturated heterocycles. The van der Waals surface area contributed by atoms with Crippen LogP contribution < -0.4 is 0 Å². The maximum absolute atomic E-state index is 12.6. The van der Waals surface area contributed by atoms with Crippen LogP contribution in [-0.2, 0) is 19.6 Å². The number of Topliss-reactive ketones (excluding diaryl/α,β-unsaturated/α-hetero) is 1. The van der Waals surface area contributed by atoms with Crippen molar-refractivity contribution >= 4 is 15.8 Å². The van der Waals surface area contributed by atoms with Crippen LogP contribution in [0.15, 0.2) is 0 Å². The van der Waals surface area contributed by atoms with Crippen LogP contribution in [0.25, 0.3) is 0 Å². The number of nitrogens with zero attached hydrogens (tertiary/aromatic N) is 2. The average molecular weight is 375 g/mol. The van der Waals surface area contributed by atoms with Crippen LogP contribution in [0.2, 0.25) is 0 Å². The van der Waals surface area contributed by atoms with Gasteiger partial charge < -0.3 is 4.74 Å². The van der Waals surface area contributed by atoms with Crippen LogP contribution in [0, 0.1) is 11.8 Å². The first-order valence-electron chi connectivity index (χ1n) is 9.69. The SMILES string of the molecule is CCC[C@H]1CN(S(C)(=O)=O)CC1C(=O)CCCCCN1CCOCC1. The number of sulfonamides is 1. The van der Waals surface area contributed by atoms with E-state index < -0.39 is 10.0 Å². The van der Waals surface area contributed by atoms with Gasteiger partial charge in [0.15, 0.2) is 0 Å². The summed E-state index contributed by atoms with van der Waals surface area (Å²) < 4.78 is 30.4. The summed E-state index contributed by atoms with van der Waals surface area (Å²) in [6.45, 7) is 7.77. The van der Waals surface area contributed by atoms with Gasteiger partial charge in [-0.05, 0) is 31.7 Å². The highest BCUT2D eigenvalue weighted by Gasteiger charge is 2.39. The number of rotatable bonds is 10. The summed E-state index contributed by atoms with van der Waals surface area (Å²) in [4.78, 5) is 15.0. The molecule has 7 heteroatoms. The molecule has 2 aliphatic heterocycles. The van der Waals surface area contributed by atoms with Crippen molar-refractivity contribution in [3.63, 3.8) is 0 Å². The second-order valence-corrected chi connectivity index (χ2v) is 9.45. The molecule has 6 nitrogen and oxygen atoms in total. The monoisotopic (exact) mass is 374 g/mol. The second kappa shape index (κ2) is 10.00. The Kier molecular flexibility index (Phi) is 8.32. The molecule has 2 rings (SSSR count). The zero-order valence-electron chi connectivity index (χ0n) is 15.8. The number of hydrogen-bond acceptors (Lipinski definition) is 5. The lowest BCUT2D eigenvalue weighted by Gasteiger charge is -2.26. The Hall–Kier alpha value is -0.500. The molecule has 2 heterocycles. The van der Waals surface area contributed by atoms with Gasteiger partial charge in [0.05, 0.1) is 19.5 Å². The van der Waals surface area contributed by atoms with E-state index in [2.05, 4.69) is 11.8 Å². The molecule has 0 amide bonds. The molecule has 0 bridgehead atoms. The van der Waals surface area contributed by atoms with Gasteiger partial charge in [-0.3, -0.25) is 9.69 Å². The third kappa shape index (κ3) is 6.62. The molecular weight excluding hydrogens is 340 g/mol. The van der Waals surface area contributed by atoms with E-state index in [4.69, 9.17) is 4.74 Å². The molecule has 0 aromatic heterocycles. The largest absolute Gasteiger partial charge is 0.379 e. The van der Waals surface area contributed by atoms with Crippen molar-refractivity contribution < 1.29 is 17.9 Å². The summed E-state index contributed by atoms with van der Waals surface area (Å²) in [5, 5.41) is 0. The predicted octanol–water partition coefficient (Wildman–Crippen LogP) is 1.76. The van der Waals surface area contributed by atoms with Gasteiger partial charge in [-0.1, -0.05) is 19.8 Å². The van der Waals surface area contributed by atoms with Crippen molar-refractivity contribution in [2.45, 2.75) is 45.4 Å².